The molecule has 0 saturated heterocycles. The van der Waals surface area contributed by atoms with Crippen molar-refractivity contribution in [2.24, 2.45) is 0 Å². The number of carbonyl (C=O) groups excluding carboxylic acids is 1. The molecule has 0 spiro atoms. The van der Waals surface area contributed by atoms with Crippen LogP contribution in [-0.4, -0.2) is 30.9 Å². The number of aryl methyl sites for hydroxylation is 1. The molecule has 2 heterocycles. The van der Waals surface area contributed by atoms with Crippen molar-refractivity contribution in [3.63, 3.8) is 0 Å². The average molecular weight is 696 g/mol. The molecule has 0 saturated carbocycles. The van der Waals surface area contributed by atoms with Crippen LogP contribution in [0, 0.1) is 0 Å². The number of nitrogens with two attached hydrogens (primary N) is 1. The molecule has 2 N–H and O–H groups in total. The van der Waals surface area contributed by atoms with Crippen LogP contribution in [0.1, 0.15) is 174 Å². The highest BCUT2D eigenvalue weighted by Crippen LogP contribution is 2.30. The van der Waals surface area contributed by atoms with Crippen molar-refractivity contribution in [3.8, 4) is 0 Å². The van der Waals surface area contributed by atoms with Gasteiger partial charge in [0.2, 0.25) is 5.91 Å². The second kappa shape index (κ2) is 21.2. The molecular formula is C45H69N5O. The number of para-hydroxylation sites is 1. The highest BCUT2D eigenvalue weighted by molar-refractivity contribution is 6.06. The summed E-state index contributed by atoms with van der Waals surface area (Å²) in [6, 6.07) is 17.0. The summed E-state index contributed by atoms with van der Waals surface area (Å²) in [5.41, 5.74) is 11.3. The number of rotatable bonds is 24. The van der Waals surface area contributed by atoms with Gasteiger partial charge in [0.05, 0.1) is 11.0 Å². The maximum absolute atomic E-state index is 13.5. The lowest BCUT2D eigenvalue weighted by Gasteiger charge is -2.36. The van der Waals surface area contributed by atoms with Gasteiger partial charge in [0.25, 0.3) is 0 Å². The number of amides is 1. The van der Waals surface area contributed by atoms with Crippen LogP contribution in [0.25, 0.3) is 21.9 Å². The van der Waals surface area contributed by atoms with Gasteiger partial charge in [0.1, 0.15) is 11.3 Å². The molecule has 0 fully saturated rings. The fraction of sp³-hybridized carbons (Fsp3) is 0.622. The molecule has 4 rings (SSSR count). The van der Waals surface area contributed by atoms with E-state index >= 15 is 0 Å². The Hall–Kier alpha value is -3.41. The van der Waals surface area contributed by atoms with Gasteiger partial charge in [-0.2, -0.15) is 0 Å². The number of pyridine rings is 1. The monoisotopic (exact) mass is 696 g/mol. The molecule has 51 heavy (non-hydrogen) atoms. The first kappa shape index (κ1) is 40.4. The van der Waals surface area contributed by atoms with Crippen LogP contribution in [0.5, 0.6) is 0 Å². The first-order valence-corrected chi connectivity index (χ1v) is 20.6. The van der Waals surface area contributed by atoms with Crippen molar-refractivity contribution in [1.82, 2.24) is 19.4 Å². The van der Waals surface area contributed by atoms with Gasteiger partial charge in [-0.1, -0.05) is 159 Å². The van der Waals surface area contributed by atoms with Crippen molar-refractivity contribution in [3.05, 3.63) is 65.5 Å². The summed E-state index contributed by atoms with van der Waals surface area (Å²) in [6.45, 7) is 12.3. The van der Waals surface area contributed by atoms with Gasteiger partial charge in [-0.05, 0) is 50.8 Å². The van der Waals surface area contributed by atoms with E-state index in [-0.39, 0.29) is 11.4 Å². The van der Waals surface area contributed by atoms with E-state index in [9.17, 15) is 4.79 Å². The zero-order valence-electron chi connectivity index (χ0n) is 32.9. The molecule has 0 radical (unpaired) electrons. The number of unbranched alkanes of at least 4 members (excludes halogenated alkanes) is 16. The van der Waals surface area contributed by atoms with Crippen molar-refractivity contribution >= 4 is 33.7 Å². The van der Waals surface area contributed by atoms with Crippen LogP contribution in [0.2, 0.25) is 0 Å². The number of benzene rings is 2. The zero-order valence-corrected chi connectivity index (χ0v) is 32.9. The largest absolute Gasteiger partial charge is 0.382 e. The zero-order chi connectivity index (χ0) is 36.5. The van der Waals surface area contributed by atoms with Gasteiger partial charge in [-0.3, -0.25) is 4.79 Å². The Bertz CT molecular complexity index is 1600. The number of anilines is 1. The van der Waals surface area contributed by atoms with Crippen molar-refractivity contribution in [1.29, 1.82) is 0 Å². The molecule has 4 aromatic rings. The van der Waals surface area contributed by atoms with E-state index in [1.807, 2.05) is 12.1 Å². The molecule has 0 bridgehead atoms. The van der Waals surface area contributed by atoms with E-state index in [0.717, 1.165) is 65.4 Å². The van der Waals surface area contributed by atoms with Crippen LogP contribution in [-0.2, 0) is 24.3 Å². The van der Waals surface area contributed by atoms with Crippen LogP contribution in [0.4, 0.5) is 5.82 Å². The normalized spacial score (nSPS) is 11.9. The Morgan fingerprint density at radius 3 is 1.78 bits per heavy atom. The number of hydrogen-bond acceptors (Lipinski definition) is 4. The van der Waals surface area contributed by atoms with Crippen molar-refractivity contribution < 1.29 is 4.79 Å². The molecule has 0 aliphatic carbocycles. The van der Waals surface area contributed by atoms with E-state index in [1.54, 1.807) is 0 Å². The number of nitrogens with zero attached hydrogens (tertiary/aromatic N) is 4. The van der Waals surface area contributed by atoms with Gasteiger partial charge in [-0.25, -0.2) is 9.97 Å². The smallest absolute Gasteiger partial charge is 0.223 e. The maximum Gasteiger partial charge on any atom is 0.223 e. The molecule has 2 aromatic carbocycles. The van der Waals surface area contributed by atoms with E-state index < -0.39 is 0 Å². The maximum atomic E-state index is 13.5. The lowest BCUT2D eigenvalue weighted by molar-refractivity contribution is -0.136. The summed E-state index contributed by atoms with van der Waals surface area (Å²) in [5.74, 6) is 1.81. The Morgan fingerprint density at radius 2 is 1.22 bits per heavy atom. The summed E-state index contributed by atoms with van der Waals surface area (Å²) >= 11 is 0. The molecule has 6 heteroatoms. The van der Waals surface area contributed by atoms with E-state index in [0.29, 0.717) is 25.3 Å². The number of imidazole rings is 1. The minimum absolute atomic E-state index is 0.232. The number of hydrogen-bond donors (Lipinski definition) is 1. The fourth-order valence-electron chi connectivity index (χ4n) is 7.37. The van der Waals surface area contributed by atoms with Crippen LogP contribution in [0.15, 0.2) is 48.5 Å². The van der Waals surface area contributed by atoms with Gasteiger partial charge in [0.15, 0.2) is 5.82 Å². The molecule has 0 aliphatic heterocycles. The molecule has 280 valence electrons. The quantitative estimate of drug-likeness (QED) is 0.0740. The van der Waals surface area contributed by atoms with Crippen molar-refractivity contribution in [2.75, 3.05) is 5.73 Å². The second-order valence-electron chi connectivity index (χ2n) is 15.9. The highest BCUT2D eigenvalue weighted by atomic mass is 16.2. The third-order valence-corrected chi connectivity index (χ3v) is 10.5. The molecule has 2 aromatic heterocycles. The standard InChI is InChI=1S/C45H69N5O/c1-6-8-10-11-12-13-14-15-16-17-18-19-20-21-22-23-29-41(51)50(45(3,4)5)35-37-32-30-36(31-33-37)34-49-40(28-9-7-2)48-42-43(49)38-26-24-25-27-39(38)47-44(42)46/h24-27,30-33H,6-23,28-29,34-35H2,1-5H3,(H2,46,47). The van der Waals surface area contributed by atoms with E-state index in [4.69, 9.17) is 10.7 Å². The molecular weight excluding hydrogens is 627 g/mol. The third-order valence-electron chi connectivity index (χ3n) is 10.5. The summed E-state index contributed by atoms with van der Waals surface area (Å²) < 4.78 is 2.34. The van der Waals surface area contributed by atoms with E-state index in [1.165, 1.54) is 95.5 Å². The highest BCUT2D eigenvalue weighted by Gasteiger charge is 2.26. The van der Waals surface area contributed by atoms with Crippen LogP contribution >= 0.6 is 0 Å². The number of aromatic nitrogens is 3. The predicted molar refractivity (Wildman–Crippen MR) is 218 cm³/mol. The Morgan fingerprint density at radius 1 is 0.686 bits per heavy atom. The van der Waals surface area contributed by atoms with Crippen molar-refractivity contribution in [2.45, 2.75) is 182 Å². The number of nitrogen functional groups attached to an aromatic ring is 1. The predicted octanol–water partition coefficient (Wildman–Crippen LogP) is 12.3. The topological polar surface area (TPSA) is 77.0 Å². The van der Waals surface area contributed by atoms with Crippen LogP contribution < -0.4 is 5.73 Å². The Labute approximate surface area is 310 Å². The molecule has 0 atom stereocenters. The minimum Gasteiger partial charge on any atom is -0.382 e. The fourth-order valence-corrected chi connectivity index (χ4v) is 7.37. The third kappa shape index (κ3) is 12.6. The van der Waals surface area contributed by atoms with Gasteiger partial charge < -0.3 is 15.2 Å². The summed E-state index contributed by atoms with van der Waals surface area (Å²) in [4.78, 5) is 25.2. The average Bonchev–Trinajstić information content (AvgIpc) is 3.48. The Kier molecular flexibility index (Phi) is 16.8. The first-order valence-electron chi connectivity index (χ1n) is 20.6. The molecule has 0 aliphatic rings. The SMILES string of the molecule is CCCCCCCCCCCCCCCCCCC(=O)N(Cc1ccc(Cn2c(CCCC)nc3c(N)nc4ccccc4c32)cc1)C(C)(C)C. The van der Waals surface area contributed by atoms with Crippen LogP contribution in [0.3, 0.4) is 0 Å². The molecule has 1 amide bonds. The minimum atomic E-state index is -0.232. The number of fused-ring (bicyclic) bond motifs is 3. The lowest BCUT2D eigenvalue weighted by atomic mass is 10.0. The molecule has 6 nitrogen and oxygen atoms in total. The molecule has 0 unspecified atom stereocenters. The Balaban J connectivity index is 1.24. The van der Waals surface area contributed by atoms with Gasteiger partial charge in [0, 0.05) is 36.9 Å². The van der Waals surface area contributed by atoms with Gasteiger partial charge >= 0.3 is 0 Å². The number of carbonyl (C=O) groups is 1. The summed E-state index contributed by atoms with van der Waals surface area (Å²) in [5, 5.41) is 1.08. The summed E-state index contributed by atoms with van der Waals surface area (Å²) in [6.07, 6.45) is 25.2. The lowest BCUT2D eigenvalue weighted by Crippen LogP contribution is -2.45. The first-order chi connectivity index (χ1) is 24.7. The second-order valence-corrected chi connectivity index (χ2v) is 15.9. The summed E-state index contributed by atoms with van der Waals surface area (Å²) in [7, 11) is 0. The van der Waals surface area contributed by atoms with E-state index in [2.05, 4.69) is 85.5 Å². The van der Waals surface area contributed by atoms with Gasteiger partial charge in [-0.15, -0.1) is 0 Å².